The van der Waals surface area contributed by atoms with Crippen molar-refractivity contribution in [1.82, 2.24) is 5.32 Å². The van der Waals surface area contributed by atoms with Gasteiger partial charge in [0.05, 0.1) is 6.07 Å². The second-order valence-electron chi connectivity index (χ2n) is 3.42. The van der Waals surface area contributed by atoms with E-state index in [0.29, 0.717) is 0 Å². The van der Waals surface area contributed by atoms with Gasteiger partial charge < -0.3 is 10.1 Å². The molecule has 94 valence electrons. The van der Waals surface area contributed by atoms with Gasteiger partial charge in [0.1, 0.15) is 6.54 Å². The predicted octanol–water partition coefficient (Wildman–Crippen LogP) is 1.05. The van der Waals surface area contributed by atoms with Crippen LogP contribution in [-0.2, 0) is 4.79 Å². The quantitative estimate of drug-likeness (QED) is 0.625. The summed E-state index contributed by atoms with van der Waals surface area (Å²) >= 11 is 0. The summed E-state index contributed by atoms with van der Waals surface area (Å²) in [7, 11) is 0. The largest absolute Gasteiger partial charge is 0.481 e. The molecule has 1 rings (SSSR count). The molecule has 6 heteroatoms. The molecule has 0 aliphatic carbocycles. The third-order valence-corrected chi connectivity index (χ3v) is 2.06. The lowest BCUT2D eigenvalue weighted by Gasteiger charge is -2.07. The molecule has 0 unspecified atom stereocenters. The van der Waals surface area contributed by atoms with E-state index >= 15 is 0 Å². The Morgan fingerprint density at radius 2 is 2.22 bits per heavy atom. The summed E-state index contributed by atoms with van der Waals surface area (Å²) in [5, 5.41) is 10.5. The maximum absolute atomic E-state index is 13.5. The van der Waals surface area contributed by atoms with Crippen LogP contribution in [0.3, 0.4) is 0 Å². The molecule has 0 aliphatic heterocycles. The molecule has 0 fully saturated rings. The summed E-state index contributed by atoms with van der Waals surface area (Å²) in [6.07, 6.45) is 0. The van der Waals surface area contributed by atoms with Gasteiger partial charge in [-0.15, -0.1) is 0 Å². The summed E-state index contributed by atoms with van der Waals surface area (Å²) in [6, 6.07) is 5.47. The zero-order chi connectivity index (χ0) is 13.5. The van der Waals surface area contributed by atoms with Gasteiger partial charge in [0, 0.05) is 5.56 Å². The molecule has 1 aromatic rings. The van der Waals surface area contributed by atoms with Crippen LogP contribution in [0.25, 0.3) is 0 Å². The minimum absolute atomic E-state index is 0.118. The van der Waals surface area contributed by atoms with Crippen LogP contribution >= 0.6 is 0 Å². The van der Waals surface area contributed by atoms with Gasteiger partial charge in [-0.2, -0.15) is 5.26 Å². The fourth-order valence-electron chi connectivity index (χ4n) is 1.17. The van der Waals surface area contributed by atoms with Crippen molar-refractivity contribution in [2.75, 3.05) is 13.2 Å². The first-order valence-electron chi connectivity index (χ1n) is 5.11. The second-order valence-corrected chi connectivity index (χ2v) is 3.42. The number of hydrogen-bond donors (Lipinski definition) is 1. The molecule has 0 radical (unpaired) electrons. The number of hydrogen-bond acceptors (Lipinski definition) is 4. The third kappa shape index (κ3) is 3.87. The van der Waals surface area contributed by atoms with Gasteiger partial charge >= 0.3 is 0 Å². The van der Waals surface area contributed by atoms with Gasteiger partial charge in [-0.25, -0.2) is 4.39 Å². The van der Waals surface area contributed by atoms with E-state index in [1.54, 1.807) is 6.07 Å². The summed E-state index contributed by atoms with van der Waals surface area (Å²) in [4.78, 5) is 22.1. The highest BCUT2D eigenvalue weighted by Gasteiger charge is 2.09. The number of carbonyl (C=O) groups excluding carboxylic acids is 2. The Bertz CT molecular complexity index is 509. The van der Waals surface area contributed by atoms with Crippen molar-refractivity contribution in [3.63, 3.8) is 0 Å². The Morgan fingerprint density at radius 3 is 2.78 bits per heavy atom. The first-order valence-corrected chi connectivity index (χ1v) is 5.11. The number of benzene rings is 1. The van der Waals surface area contributed by atoms with Crippen molar-refractivity contribution in [3.8, 4) is 11.8 Å². The first-order chi connectivity index (χ1) is 8.54. The monoisotopic (exact) mass is 250 g/mol. The SMILES string of the molecule is CC(=O)c1ccc(OCC(=O)NCC#N)c(F)c1. The highest BCUT2D eigenvalue weighted by Crippen LogP contribution is 2.18. The molecule has 0 saturated carbocycles. The summed E-state index contributed by atoms with van der Waals surface area (Å²) in [6.45, 7) is 0.802. The van der Waals surface area contributed by atoms with Crippen molar-refractivity contribution in [2.45, 2.75) is 6.92 Å². The second kappa shape index (κ2) is 6.35. The summed E-state index contributed by atoms with van der Waals surface area (Å²) < 4.78 is 18.4. The maximum Gasteiger partial charge on any atom is 0.258 e. The molecule has 0 aromatic heterocycles. The Labute approximate surface area is 103 Å². The van der Waals surface area contributed by atoms with Crippen molar-refractivity contribution in [3.05, 3.63) is 29.6 Å². The Morgan fingerprint density at radius 1 is 1.50 bits per heavy atom. The molecule has 0 heterocycles. The van der Waals surface area contributed by atoms with Crippen LogP contribution in [0.4, 0.5) is 4.39 Å². The molecule has 1 N–H and O–H groups in total. The molecule has 5 nitrogen and oxygen atoms in total. The minimum atomic E-state index is -0.712. The molecule has 0 spiro atoms. The van der Waals surface area contributed by atoms with E-state index in [4.69, 9.17) is 10.00 Å². The lowest BCUT2D eigenvalue weighted by atomic mass is 10.1. The fourth-order valence-corrected chi connectivity index (χ4v) is 1.17. The van der Waals surface area contributed by atoms with Crippen LogP contribution in [0.2, 0.25) is 0 Å². The number of ether oxygens (including phenoxy) is 1. The van der Waals surface area contributed by atoms with E-state index in [2.05, 4.69) is 5.32 Å². The van der Waals surface area contributed by atoms with Gasteiger partial charge in [-0.3, -0.25) is 9.59 Å². The topological polar surface area (TPSA) is 79.2 Å². The third-order valence-electron chi connectivity index (χ3n) is 2.06. The number of nitrogens with zero attached hydrogens (tertiary/aromatic N) is 1. The van der Waals surface area contributed by atoms with Crippen LogP contribution in [0, 0.1) is 17.1 Å². The van der Waals surface area contributed by atoms with Crippen molar-refractivity contribution in [2.24, 2.45) is 0 Å². The first kappa shape index (κ1) is 13.6. The summed E-state index contributed by atoms with van der Waals surface area (Å²) in [5.74, 6) is -1.61. The van der Waals surface area contributed by atoms with Crippen molar-refractivity contribution in [1.29, 1.82) is 5.26 Å². The molecule has 0 atom stereocenters. The average Bonchev–Trinajstić information content (AvgIpc) is 2.34. The van der Waals surface area contributed by atoms with Gasteiger partial charge in [-0.05, 0) is 25.1 Å². The lowest BCUT2D eigenvalue weighted by Crippen LogP contribution is -2.29. The smallest absolute Gasteiger partial charge is 0.258 e. The zero-order valence-corrected chi connectivity index (χ0v) is 9.70. The average molecular weight is 250 g/mol. The van der Waals surface area contributed by atoms with Crippen LogP contribution in [0.1, 0.15) is 17.3 Å². The number of nitrogens with one attached hydrogen (secondary N) is 1. The zero-order valence-electron chi connectivity index (χ0n) is 9.70. The van der Waals surface area contributed by atoms with Gasteiger partial charge in [-0.1, -0.05) is 0 Å². The number of ketones is 1. The number of halogens is 1. The molecule has 0 aliphatic rings. The van der Waals surface area contributed by atoms with E-state index in [0.717, 1.165) is 6.07 Å². The van der Waals surface area contributed by atoms with E-state index < -0.39 is 18.3 Å². The molecule has 1 amide bonds. The molecule has 1 aromatic carbocycles. The number of Topliss-reactive ketones (excluding diaryl/α,β-unsaturated/α-hetero) is 1. The van der Waals surface area contributed by atoms with Gasteiger partial charge in [0.2, 0.25) is 0 Å². The normalized spacial score (nSPS) is 9.39. The van der Waals surface area contributed by atoms with Crippen LogP contribution < -0.4 is 10.1 Å². The maximum atomic E-state index is 13.5. The van der Waals surface area contributed by atoms with E-state index in [-0.39, 0.29) is 23.6 Å². The van der Waals surface area contributed by atoms with Crippen LogP contribution in [0.15, 0.2) is 18.2 Å². The Balaban J connectivity index is 2.61. The molecule has 18 heavy (non-hydrogen) atoms. The van der Waals surface area contributed by atoms with E-state index in [1.165, 1.54) is 19.1 Å². The molecule has 0 bridgehead atoms. The lowest BCUT2D eigenvalue weighted by molar-refractivity contribution is -0.122. The Hall–Kier alpha value is -2.42. The summed E-state index contributed by atoms with van der Waals surface area (Å²) in [5.41, 5.74) is 0.230. The standard InChI is InChI=1S/C12H11FN2O3/c1-8(16)9-2-3-11(10(13)6-9)18-7-12(17)15-5-4-14/h2-3,6H,5,7H2,1H3,(H,15,17). The van der Waals surface area contributed by atoms with Crippen molar-refractivity contribution < 1.29 is 18.7 Å². The van der Waals surface area contributed by atoms with E-state index in [1.807, 2.05) is 0 Å². The highest BCUT2D eigenvalue weighted by molar-refractivity contribution is 5.94. The number of rotatable bonds is 5. The highest BCUT2D eigenvalue weighted by atomic mass is 19.1. The molecular weight excluding hydrogens is 239 g/mol. The Kier molecular flexibility index (Phi) is 4.81. The number of amides is 1. The molecular formula is C12H11FN2O3. The van der Waals surface area contributed by atoms with Crippen molar-refractivity contribution >= 4 is 11.7 Å². The van der Waals surface area contributed by atoms with E-state index in [9.17, 15) is 14.0 Å². The van der Waals surface area contributed by atoms with Gasteiger partial charge in [0.25, 0.3) is 5.91 Å². The van der Waals surface area contributed by atoms with Crippen LogP contribution in [0.5, 0.6) is 5.75 Å². The minimum Gasteiger partial charge on any atom is -0.481 e. The van der Waals surface area contributed by atoms with Crippen LogP contribution in [-0.4, -0.2) is 24.8 Å². The van der Waals surface area contributed by atoms with Gasteiger partial charge in [0.15, 0.2) is 24.0 Å². The number of nitriles is 1. The molecule has 0 saturated heterocycles. The predicted molar refractivity (Wildman–Crippen MR) is 60.5 cm³/mol. The fraction of sp³-hybridized carbons (Fsp3) is 0.250. The number of carbonyl (C=O) groups is 2.